The molecule has 2 rings (SSSR count). The molecule has 0 aromatic heterocycles. The van der Waals surface area contributed by atoms with Crippen LogP contribution in [-0.2, 0) is 4.84 Å². The normalized spacial score (nSPS) is 11.3. The van der Waals surface area contributed by atoms with Crippen LogP contribution in [0.5, 0.6) is 11.5 Å². The van der Waals surface area contributed by atoms with E-state index in [-0.39, 0.29) is 0 Å². The Balaban J connectivity index is 1.82. The first-order valence-corrected chi connectivity index (χ1v) is 10.8. The van der Waals surface area contributed by atoms with Crippen molar-refractivity contribution >= 4 is 5.71 Å². The molecule has 0 N–H and O–H groups in total. The van der Waals surface area contributed by atoms with Crippen LogP contribution in [0.15, 0.2) is 53.7 Å². The van der Waals surface area contributed by atoms with Crippen LogP contribution < -0.4 is 9.47 Å². The maximum Gasteiger partial charge on any atom is 0.119 e. The largest absolute Gasteiger partial charge is 0.497 e. The van der Waals surface area contributed by atoms with Gasteiger partial charge in [0.1, 0.15) is 24.3 Å². The van der Waals surface area contributed by atoms with E-state index in [9.17, 15) is 0 Å². The first kappa shape index (κ1) is 22.8. The highest BCUT2D eigenvalue weighted by Gasteiger charge is 2.09. The van der Waals surface area contributed by atoms with Crippen LogP contribution in [0, 0.1) is 0 Å². The highest BCUT2D eigenvalue weighted by molar-refractivity contribution is 6.12. The monoisotopic (exact) mass is 397 g/mol. The Labute approximate surface area is 175 Å². The van der Waals surface area contributed by atoms with Crippen molar-refractivity contribution in [1.82, 2.24) is 0 Å². The highest BCUT2D eigenvalue weighted by Crippen LogP contribution is 2.20. The summed E-state index contributed by atoms with van der Waals surface area (Å²) in [6.07, 6.45) is 10.4. The third kappa shape index (κ3) is 8.18. The van der Waals surface area contributed by atoms with Gasteiger partial charge in [0.15, 0.2) is 0 Å². The molecule has 2 aromatic rings. The Morgan fingerprint density at radius 2 is 1.45 bits per heavy atom. The van der Waals surface area contributed by atoms with Crippen LogP contribution in [-0.4, -0.2) is 26.5 Å². The van der Waals surface area contributed by atoms with Crippen LogP contribution in [0.2, 0.25) is 0 Å². The molecule has 0 saturated carbocycles. The van der Waals surface area contributed by atoms with E-state index in [1.54, 1.807) is 14.2 Å². The lowest BCUT2D eigenvalue weighted by Gasteiger charge is -2.10. The molecule has 0 fully saturated rings. The van der Waals surface area contributed by atoms with Gasteiger partial charge in [0.2, 0.25) is 0 Å². The molecule has 0 aliphatic heterocycles. The predicted octanol–water partition coefficient (Wildman–Crippen LogP) is 6.61. The summed E-state index contributed by atoms with van der Waals surface area (Å²) in [4.78, 5) is 5.07. The lowest BCUT2D eigenvalue weighted by molar-refractivity contribution is 0.214. The first-order valence-electron chi connectivity index (χ1n) is 10.8. The molecular formula is C25H35NO3. The number of ether oxygens (including phenoxy) is 2. The standard InChI is InChI=1S/C25H35NO3/c1-4-5-6-7-8-9-10-11-19-29-23-17-15-21(16-18-23)25(26-28-3)22-13-12-14-24(20-22)27-2/h12-18,20H,4-11,19H2,1-3H3. The molecule has 158 valence electrons. The number of nitrogens with zero attached hydrogens (tertiary/aromatic N) is 1. The number of unbranched alkanes of at least 4 members (excludes halogenated alkanes) is 7. The number of rotatable bonds is 14. The molecule has 0 aliphatic rings. The fourth-order valence-corrected chi connectivity index (χ4v) is 3.27. The van der Waals surface area contributed by atoms with Crippen molar-refractivity contribution in [3.8, 4) is 11.5 Å². The zero-order chi connectivity index (χ0) is 20.7. The minimum Gasteiger partial charge on any atom is -0.497 e. The number of benzene rings is 2. The first-order chi connectivity index (χ1) is 14.3. The molecule has 0 unspecified atom stereocenters. The van der Waals surface area contributed by atoms with Crippen LogP contribution in [0.3, 0.4) is 0 Å². The minimum absolute atomic E-state index is 0.765. The summed E-state index contributed by atoms with van der Waals surface area (Å²) in [5.74, 6) is 1.68. The van der Waals surface area contributed by atoms with Crippen molar-refractivity contribution in [3.63, 3.8) is 0 Å². The Morgan fingerprint density at radius 1 is 0.759 bits per heavy atom. The fourth-order valence-electron chi connectivity index (χ4n) is 3.27. The summed E-state index contributed by atoms with van der Waals surface area (Å²) in [5, 5.41) is 4.21. The summed E-state index contributed by atoms with van der Waals surface area (Å²) in [6, 6.07) is 15.8. The summed E-state index contributed by atoms with van der Waals surface area (Å²) in [6.45, 7) is 3.02. The van der Waals surface area contributed by atoms with Gasteiger partial charge in [0, 0.05) is 11.1 Å². The highest BCUT2D eigenvalue weighted by atomic mass is 16.6. The van der Waals surface area contributed by atoms with Crippen molar-refractivity contribution in [2.24, 2.45) is 5.16 Å². The second kappa shape index (κ2) is 13.6. The van der Waals surface area contributed by atoms with Crippen LogP contribution >= 0.6 is 0 Å². The van der Waals surface area contributed by atoms with Crippen molar-refractivity contribution in [1.29, 1.82) is 0 Å². The molecule has 0 saturated heterocycles. The number of hydrogen-bond donors (Lipinski definition) is 0. The maximum absolute atomic E-state index is 5.90. The van der Waals surface area contributed by atoms with Crippen molar-refractivity contribution in [2.45, 2.75) is 58.3 Å². The van der Waals surface area contributed by atoms with Crippen LogP contribution in [0.25, 0.3) is 0 Å². The Bertz CT molecular complexity index is 725. The molecule has 0 radical (unpaired) electrons. The Morgan fingerprint density at radius 3 is 2.10 bits per heavy atom. The second-order valence-electron chi connectivity index (χ2n) is 7.20. The van der Waals surface area contributed by atoms with E-state index in [1.165, 1.54) is 44.9 Å². The predicted molar refractivity (Wildman–Crippen MR) is 120 cm³/mol. The summed E-state index contributed by atoms with van der Waals surface area (Å²) < 4.78 is 11.2. The average molecular weight is 398 g/mol. The zero-order valence-electron chi connectivity index (χ0n) is 18.2. The number of oxime groups is 1. The smallest absolute Gasteiger partial charge is 0.119 e. The maximum atomic E-state index is 5.90. The van der Waals surface area contributed by atoms with Gasteiger partial charge >= 0.3 is 0 Å². The summed E-state index contributed by atoms with van der Waals surface area (Å²) in [5.41, 5.74) is 2.68. The number of methoxy groups -OCH3 is 1. The van der Waals surface area contributed by atoms with Gasteiger partial charge in [0.25, 0.3) is 0 Å². The van der Waals surface area contributed by atoms with Gasteiger partial charge < -0.3 is 14.3 Å². The summed E-state index contributed by atoms with van der Waals surface area (Å²) >= 11 is 0. The van der Waals surface area contributed by atoms with Crippen LogP contribution in [0.1, 0.15) is 69.4 Å². The van der Waals surface area contributed by atoms with Crippen molar-refractivity contribution in [3.05, 3.63) is 59.7 Å². The lowest BCUT2D eigenvalue weighted by Crippen LogP contribution is -2.05. The quantitative estimate of drug-likeness (QED) is 0.204. The minimum atomic E-state index is 0.765. The Hall–Kier alpha value is -2.49. The third-order valence-electron chi connectivity index (χ3n) is 4.92. The molecule has 0 heterocycles. The van der Waals surface area contributed by atoms with Gasteiger partial charge in [-0.2, -0.15) is 0 Å². The van der Waals surface area contributed by atoms with E-state index < -0.39 is 0 Å². The van der Waals surface area contributed by atoms with Crippen molar-refractivity contribution < 1.29 is 14.3 Å². The van der Waals surface area contributed by atoms with E-state index in [0.29, 0.717) is 0 Å². The molecule has 4 heteroatoms. The molecule has 0 amide bonds. The van der Waals surface area contributed by atoms with Gasteiger partial charge in [-0.1, -0.05) is 69.2 Å². The number of hydrogen-bond acceptors (Lipinski definition) is 4. The fraction of sp³-hybridized carbons (Fsp3) is 0.480. The second-order valence-corrected chi connectivity index (χ2v) is 7.20. The molecule has 29 heavy (non-hydrogen) atoms. The molecule has 2 aromatic carbocycles. The summed E-state index contributed by atoms with van der Waals surface area (Å²) in [7, 11) is 3.21. The topological polar surface area (TPSA) is 40.0 Å². The molecule has 0 aliphatic carbocycles. The molecule has 4 nitrogen and oxygen atoms in total. The Kier molecular flexibility index (Phi) is 10.7. The molecule has 0 atom stereocenters. The van der Waals surface area contributed by atoms with Gasteiger partial charge in [-0.05, 0) is 42.8 Å². The van der Waals surface area contributed by atoms with Crippen molar-refractivity contribution in [2.75, 3.05) is 20.8 Å². The molecule has 0 spiro atoms. The van der Waals surface area contributed by atoms with E-state index in [1.807, 2.05) is 48.5 Å². The van der Waals surface area contributed by atoms with Gasteiger partial charge in [0.05, 0.1) is 13.7 Å². The SMILES string of the molecule is CCCCCCCCCCOc1ccc(C(=NOC)c2cccc(OC)c2)cc1. The average Bonchev–Trinajstić information content (AvgIpc) is 2.77. The van der Waals surface area contributed by atoms with E-state index in [2.05, 4.69) is 12.1 Å². The van der Waals surface area contributed by atoms with Gasteiger partial charge in [-0.3, -0.25) is 0 Å². The van der Waals surface area contributed by atoms with E-state index in [0.717, 1.165) is 41.4 Å². The lowest BCUT2D eigenvalue weighted by atomic mass is 10.0. The van der Waals surface area contributed by atoms with Gasteiger partial charge in [-0.25, -0.2) is 0 Å². The molecular weight excluding hydrogens is 362 g/mol. The van der Waals surface area contributed by atoms with Gasteiger partial charge in [-0.15, -0.1) is 0 Å². The third-order valence-corrected chi connectivity index (χ3v) is 4.92. The zero-order valence-corrected chi connectivity index (χ0v) is 18.2. The van der Waals surface area contributed by atoms with Crippen LogP contribution in [0.4, 0.5) is 0 Å². The van der Waals surface area contributed by atoms with E-state index in [4.69, 9.17) is 14.3 Å². The van der Waals surface area contributed by atoms with E-state index >= 15 is 0 Å². The molecule has 0 bridgehead atoms.